The summed E-state index contributed by atoms with van der Waals surface area (Å²) in [4.78, 5) is 45.6. The Morgan fingerprint density at radius 3 is 2.67 bits per heavy atom. The summed E-state index contributed by atoms with van der Waals surface area (Å²) in [7, 11) is 0. The molecule has 0 spiro atoms. The van der Waals surface area contributed by atoms with Gasteiger partial charge in [0.15, 0.2) is 5.13 Å². The first-order chi connectivity index (χ1) is 16.1. The molecule has 0 aliphatic carbocycles. The van der Waals surface area contributed by atoms with Crippen molar-refractivity contribution in [3.63, 3.8) is 0 Å². The van der Waals surface area contributed by atoms with Crippen LogP contribution in [0.2, 0.25) is 0 Å². The van der Waals surface area contributed by atoms with E-state index in [4.69, 9.17) is 0 Å². The number of nitrogens with zero attached hydrogens (tertiary/aromatic N) is 2. The Kier molecular flexibility index (Phi) is 7.64. The van der Waals surface area contributed by atoms with E-state index >= 15 is 0 Å². The number of aromatic amines is 1. The third-order valence-corrected chi connectivity index (χ3v) is 6.45. The van der Waals surface area contributed by atoms with Gasteiger partial charge in [-0.05, 0) is 37.0 Å². The van der Waals surface area contributed by atoms with Gasteiger partial charge in [0.1, 0.15) is 5.56 Å². The molecule has 0 atom stereocenters. The molecular weight excluding hydrogens is 438 g/mol. The molecule has 2 aromatic heterocycles. The van der Waals surface area contributed by atoms with Crippen molar-refractivity contribution in [2.75, 3.05) is 18.4 Å². The molecule has 1 saturated heterocycles. The summed E-state index contributed by atoms with van der Waals surface area (Å²) in [5.41, 5.74) is 1.64. The van der Waals surface area contributed by atoms with Crippen molar-refractivity contribution in [1.29, 1.82) is 0 Å². The number of nitrogens with one attached hydrogen (secondary N) is 3. The number of rotatable bonds is 8. The highest BCUT2D eigenvalue weighted by Crippen LogP contribution is 2.18. The van der Waals surface area contributed by atoms with Gasteiger partial charge < -0.3 is 10.3 Å². The first-order valence-corrected chi connectivity index (χ1v) is 11.9. The largest absolute Gasteiger partial charge is 0.353 e. The molecule has 3 aromatic rings. The highest BCUT2D eigenvalue weighted by Gasteiger charge is 2.21. The summed E-state index contributed by atoms with van der Waals surface area (Å²) in [5.74, 6) is -0.486. The first-order valence-electron chi connectivity index (χ1n) is 11.1. The third kappa shape index (κ3) is 6.59. The third-order valence-electron chi connectivity index (χ3n) is 5.64. The number of aryl methyl sites for hydroxylation is 1. The van der Waals surface area contributed by atoms with Crippen molar-refractivity contribution in [2.24, 2.45) is 0 Å². The van der Waals surface area contributed by atoms with Crippen molar-refractivity contribution >= 4 is 28.3 Å². The lowest BCUT2D eigenvalue weighted by Gasteiger charge is -2.32. The lowest BCUT2D eigenvalue weighted by molar-refractivity contribution is -0.122. The van der Waals surface area contributed by atoms with Gasteiger partial charge in [-0.1, -0.05) is 30.3 Å². The standard InChI is InChI=1S/C24H27N5O3S/c30-21(26-18-10-13-29(14-11-18)15-17-5-2-1-3-6-17)9-8-19-16-33-24(27-19)28-23(32)20-7-4-12-25-22(20)31/h1-7,12,16,18H,8-11,13-15H2,(H,25,31)(H,26,30)(H,27,28,32). The number of aromatic nitrogens is 2. The highest BCUT2D eigenvalue weighted by molar-refractivity contribution is 7.14. The topological polar surface area (TPSA) is 107 Å². The zero-order valence-corrected chi connectivity index (χ0v) is 19.1. The second-order valence-electron chi connectivity index (χ2n) is 8.11. The molecule has 3 heterocycles. The Hall–Kier alpha value is -3.30. The molecule has 1 aromatic carbocycles. The second kappa shape index (κ2) is 11.0. The molecule has 1 aliphatic rings. The van der Waals surface area contributed by atoms with Gasteiger partial charge in [-0.2, -0.15) is 0 Å². The minimum absolute atomic E-state index is 0.0194. The molecule has 0 saturated carbocycles. The quantitative estimate of drug-likeness (QED) is 0.474. The van der Waals surface area contributed by atoms with E-state index in [0.717, 1.165) is 38.2 Å². The molecule has 0 unspecified atom stereocenters. The van der Waals surface area contributed by atoms with Crippen molar-refractivity contribution < 1.29 is 9.59 Å². The number of anilines is 1. The Balaban J connectivity index is 1.18. The number of piperidine rings is 1. The van der Waals surface area contributed by atoms with E-state index in [1.807, 2.05) is 11.4 Å². The zero-order chi connectivity index (χ0) is 23.0. The van der Waals surface area contributed by atoms with Gasteiger partial charge in [-0.3, -0.25) is 24.6 Å². The van der Waals surface area contributed by atoms with E-state index < -0.39 is 11.5 Å². The van der Waals surface area contributed by atoms with Gasteiger partial charge in [0.05, 0.1) is 5.69 Å². The summed E-state index contributed by atoms with van der Waals surface area (Å²) < 4.78 is 0. The Morgan fingerprint density at radius 2 is 1.91 bits per heavy atom. The van der Waals surface area contributed by atoms with E-state index in [-0.39, 0.29) is 17.5 Å². The summed E-state index contributed by atoms with van der Waals surface area (Å²) in [6.07, 6.45) is 4.21. The number of likely N-dealkylation sites (tertiary alicyclic amines) is 1. The molecule has 9 heteroatoms. The maximum Gasteiger partial charge on any atom is 0.263 e. The number of H-pyrrole nitrogens is 1. The average molecular weight is 466 g/mol. The molecule has 33 heavy (non-hydrogen) atoms. The molecule has 172 valence electrons. The van der Waals surface area contributed by atoms with Gasteiger partial charge in [-0.15, -0.1) is 11.3 Å². The normalized spacial score (nSPS) is 14.7. The molecule has 1 fully saturated rings. The predicted octanol–water partition coefficient (Wildman–Crippen LogP) is 2.80. The SMILES string of the molecule is O=C(CCc1csc(NC(=O)c2ccc[nH]c2=O)n1)NC1CCN(Cc2ccccc2)CC1. The minimum Gasteiger partial charge on any atom is -0.353 e. The predicted molar refractivity (Wildman–Crippen MR) is 128 cm³/mol. The molecule has 3 N–H and O–H groups in total. The summed E-state index contributed by atoms with van der Waals surface area (Å²) in [5, 5.41) is 8.01. The van der Waals surface area contributed by atoms with Crippen molar-refractivity contribution in [2.45, 2.75) is 38.3 Å². The minimum atomic E-state index is -0.505. The molecule has 0 radical (unpaired) electrons. The van der Waals surface area contributed by atoms with E-state index in [1.165, 1.54) is 29.2 Å². The number of carbonyl (C=O) groups excluding carboxylic acids is 2. The molecule has 1 aliphatic heterocycles. The van der Waals surface area contributed by atoms with Gasteiger partial charge in [-0.25, -0.2) is 4.98 Å². The maximum absolute atomic E-state index is 12.4. The van der Waals surface area contributed by atoms with Gasteiger partial charge in [0.2, 0.25) is 5.91 Å². The number of hydrogen-bond donors (Lipinski definition) is 3. The van der Waals surface area contributed by atoms with Crippen LogP contribution in [0.15, 0.2) is 58.8 Å². The summed E-state index contributed by atoms with van der Waals surface area (Å²) in [6.45, 7) is 2.89. The smallest absolute Gasteiger partial charge is 0.263 e. The number of benzene rings is 1. The van der Waals surface area contributed by atoms with Crippen molar-refractivity contribution in [3.8, 4) is 0 Å². The molecule has 8 nitrogen and oxygen atoms in total. The fraction of sp³-hybridized carbons (Fsp3) is 0.333. The number of carbonyl (C=O) groups is 2. The van der Waals surface area contributed by atoms with Crippen LogP contribution in [0.3, 0.4) is 0 Å². The number of amides is 2. The highest BCUT2D eigenvalue weighted by atomic mass is 32.1. The van der Waals surface area contributed by atoms with Crippen molar-refractivity contribution in [3.05, 3.63) is 81.2 Å². The number of pyridine rings is 1. The molecule has 2 amide bonds. The Bertz CT molecular complexity index is 1140. The van der Waals surface area contributed by atoms with Crippen LogP contribution in [0.4, 0.5) is 5.13 Å². The van der Waals surface area contributed by atoms with Gasteiger partial charge >= 0.3 is 0 Å². The van der Waals surface area contributed by atoms with Crippen LogP contribution in [0.1, 0.15) is 40.9 Å². The van der Waals surface area contributed by atoms with Crippen LogP contribution >= 0.6 is 11.3 Å². The maximum atomic E-state index is 12.4. The van der Waals surface area contributed by atoms with Crippen molar-refractivity contribution in [1.82, 2.24) is 20.2 Å². The van der Waals surface area contributed by atoms with Crippen LogP contribution in [-0.4, -0.2) is 45.8 Å². The van der Waals surface area contributed by atoms with Crippen LogP contribution in [0.5, 0.6) is 0 Å². The molecule has 0 bridgehead atoms. The Labute approximate surface area is 196 Å². The first kappa shape index (κ1) is 22.9. The number of hydrogen-bond acceptors (Lipinski definition) is 6. The lowest BCUT2D eigenvalue weighted by atomic mass is 10.0. The lowest BCUT2D eigenvalue weighted by Crippen LogP contribution is -2.44. The molecular formula is C24H27N5O3S. The van der Waals surface area contributed by atoms with Crippen LogP contribution < -0.4 is 16.2 Å². The van der Waals surface area contributed by atoms with E-state index in [0.29, 0.717) is 18.0 Å². The zero-order valence-electron chi connectivity index (χ0n) is 18.3. The monoisotopic (exact) mass is 465 g/mol. The Morgan fingerprint density at radius 1 is 1.12 bits per heavy atom. The molecule has 4 rings (SSSR count). The van der Waals surface area contributed by atoms with Gasteiger partial charge in [0, 0.05) is 43.7 Å². The van der Waals surface area contributed by atoms with Crippen LogP contribution in [0, 0.1) is 0 Å². The van der Waals surface area contributed by atoms with Crippen LogP contribution in [0.25, 0.3) is 0 Å². The van der Waals surface area contributed by atoms with Gasteiger partial charge in [0.25, 0.3) is 11.5 Å². The van der Waals surface area contributed by atoms with E-state index in [1.54, 1.807) is 6.07 Å². The fourth-order valence-electron chi connectivity index (χ4n) is 3.86. The number of thiazole rings is 1. The van der Waals surface area contributed by atoms with Crippen LogP contribution in [-0.2, 0) is 17.8 Å². The second-order valence-corrected chi connectivity index (χ2v) is 8.97. The van der Waals surface area contributed by atoms with E-state index in [2.05, 4.69) is 49.8 Å². The fourth-order valence-corrected chi connectivity index (χ4v) is 4.60. The van der Waals surface area contributed by atoms with E-state index in [9.17, 15) is 14.4 Å². The summed E-state index contributed by atoms with van der Waals surface area (Å²) in [6, 6.07) is 13.7. The average Bonchev–Trinajstić information content (AvgIpc) is 3.27. The summed E-state index contributed by atoms with van der Waals surface area (Å²) >= 11 is 1.27.